The summed E-state index contributed by atoms with van der Waals surface area (Å²) in [6.45, 7) is 1.61. The number of ether oxygens (including phenoxy) is 2. The highest BCUT2D eigenvalue weighted by molar-refractivity contribution is 6.36. The summed E-state index contributed by atoms with van der Waals surface area (Å²) in [5.74, 6) is 1.51. The molecular weight excluding hydrogens is 413 g/mol. The van der Waals surface area contributed by atoms with Crippen molar-refractivity contribution in [3.05, 3.63) is 76.4 Å². The van der Waals surface area contributed by atoms with E-state index < -0.39 is 12.0 Å². The number of carbonyl (C=O) groups is 1. The van der Waals surface area contributed by atoms with Crippen molar-refractivity contribution in [2.75, 3.05) is 5.32 Å². The third-order valence-electron chi connectivity index (χ3n) is 3.77. The number of amides is 1. The van der Waals surface area contributed by atoms with Crippen LogP contribution in [0, 0.1) is 11.3 Å². The molecule has 29 heavy (non-hydrogen) atoms. The van der Waals surface area contributed by atoms with Crippen LogP contribution in [0.4, 0.5) is 5.82 Å². The van der Waals surface area contributed by atoms with Crippen molar-refractivity contribution in [1.29, 1.82) is 5.26 Å². The first-order valence-electron chi connectivity index (χ1n) is 8.51. The smallest absolute Gasteiger partial charge is 0.266 e. The molecule has 0 saturated heterocycles. The summed E-state index contributed by atoms with van der Waals surface area (Å²) in [5.41, 5.74) is 0.559. The zero-order valence-corrected chi connectivity index (χ0v) is 16.7. The van der Waals surface area contributed by atoms with Crippen molar-refractivity contribution in [3.8, 4) is 23.3 Å². The second kappa shape index (κ2) is 9.28. The maximum absolute atomic E-state index is 12.3. The number of carbonyl (C=O) groups excluding carboxylic acids is 1. The number of benzene rings is 2. The van der Waals surface area contributed by atoms with Gasteiger partial charge in [0.25, 0.3) is 5.91 Å². The van der Waals surface area contributed by atoms with Crippen LogP contribution in [0.1, 0.15) is 12.5 Å². The molecule has 0 saturated carbocycles. The van der Waals surface area contributed by atoms with Crippen LogP contribution in [0.3, 0.4) is 0 Å². The van der Waals surface area contributed by atoms with E-state index in [1.807, 2.05) is 0 Å². The van der Waals surface area contributed by atoms with Crippen LogP contribution in [0.15, 0.2) is 60.8 Å². The van der Waals surface area contributed by atoms with Crippen LogP contribution in [0.5, 0.6) is 17.2 Å². The molecule has 6 nitrogen and oxygen atoms in total. The number of hydrogen-bond donors (Lipinski definition) is 1. The second-order valence-electron chi connectivity index (χ2n) is 5.94. The van der Waals surface area contributed by atoms with E-state index in [1.165, 1.54) is 12.3 Å². The summed E-state index contributed by atoms with van der Waals surface area (Å²) < 4.78 is 11.4. The van der Waals surface area contributed by atoms with Crippen molar-refractivity contribution in [2.24, 2.45) is 0 Å². The van der Waals surface area contributed by atoms with Crippen molar-refractivity contribution in [1.82, 2.24) is 4.98 Å². The van der Waals surface area contributed by atoms with Crippen molar-refractivity contribution in [3.63, 3.8) is 0 Å². The predicted molar refractivity (Wildman–Crippen MR) is 111 cm³/mol. The summed E-state index contributed by atoms with van der Waals surface area (Å²) in [4.78, 5) is 16.3. The molecule has 3 aromatic rings. The molecular formula is C21H15Cl2N3O3. The van der Waals surface area contributed by atoms with Crippen LogP contribution < -0.4 is 14.8 Å². The monoisotopic (exact) mass is 427 g/mol. The molecule has 146 valence electrons. The molecule has 0 aliphatic rings. The zero-order valence-electron chi connectivity index (χ0n) is 15.2. The first-order valence-corrected chi connectivity index (χ1v) is 9.27. The molecule has 1 unspecified atom stereocenters. The van der Waals surface area contributed by atoms with E-state index in [-0.39, 0.29) is 10.8 Å². The highest BCUT2D eigenvalue weighted by Crippen LogP contribution is 2.25. The van der Waals surface area contributed by atoms with Crippen LogP contribution in [-0.2, 0) is 4.79 Å². The Morgan fingerprint density at radius 3 is 2.24 bits per heavy atom. The van der Waals surface area contributed by atoms with Gasteiger partial charge in [0.1, 0.15) is 17.2 Å². The molecule has 0 bridgehead atoms. The summed E-state index contributed by atoms with van der Waals surface area (Å²) in [6.07, 6.45) is 0.607. The van der Waals surface area contributed by atoms with Crippen LogP contribution in [0.25, 0.3) is 0 Å². The van der Waals surface area contributed by atoms with Gasteiger partial charge in [-0.15, -0.1) is 0 Å². The highest BCUT2D eigenvalue weighted by atomic mass is 35.5. The molecule has 0 aliphatic carbocycles. The minimum absolute atomic E-state index is 0.211. The number of rotatable bonds is 6. The van der Waals surface area contributed by atoms with Gasteiger partial charge in [0, 0.05) is 6.20 Å². The predicted octanol–water partition coefficient (Wildman–Crippen LogP) is 5.46. The number of pyridine rings is 1. The Bertz CT molecular complexity index is 1050. The molecule has 2 aromatic carbocycles. The molecule has 1 amide bonds. The Morgan fingerprint density at radius 2 is 1.66 bits per heavy atom. The fourth-order valence-electron chi connectivity index (χ4n) is 2.30. The minimum Gasteiger partial charge on any atom is -0.481 e. The van der Waals surface area contributed by atoms with E-state index in [4.69, 9.17) is 37.9 Å². The lowest BCUT2D eigenvalue weighted by Gasteiger charge is -2.15. The van der Waals surface area contributed by atoms with Gasteiger partial charge in [0.2, 0.25) is 0 Å². The van der Waals surface area contributed by atoms with Crippen molar-refractivity contribution in [2.45, 2.75) is 13.0 Å². The molecule has 0 radical (unpaired) electrons. The molecule has 0 spiro atoms. The average Bonchev–Trinajstić information content (AvgIpc) is 2.72. The molecule has 0 fully saturated rings. The summed E-state index contributed by atoms with van der Waals surface area (Å²) in [6, 6.07) is 17.1. The van der Waals surface area contributed by atoms with Gasteiger partial charge >= 0.3 is 0 Å². The number of anilines is 1. The van der Waals surface area contributed by atoms with E-state index in [2.05, 4.69) is 16.4 Å². The van der Waals surface area contributed by atoms with E-state index in [9.17, 15) is 4.79 Å². The number of nitriles is 1. The molecule has 1 heterocycles. The van der Waals surface area contributed by atoms with Gasteiger partial charge < -0.3 is 14.8 Å². The summed E-state index contributed by atoms with van der Waals surface area (Å²) in [5, 5.41) is 12.0. The largest absolute Gasteiger partial charge is 0.481 e. The molecule has 1 N–H and O–H groups in total. The number of nitrogens with zero attached hydrogens (tertiary/aromatic N) is 2. The van der Waals surface area contributed by atoms with Gasteiger partial charge in [0.05, 0.1) is 21.7 Å². The lowest BCUT2D eigenvalue weighted by Crippen LogP contribution is -2.30. The summed E-state index contributed by atoms with van der Waals surface area (Å²) >= 11 is 11.8. The van der Waals surface area contributed by atoms with Crippen LogP contribution in [0.2, 0.25) is 10.0 Å². The highest BCUT2D eigenvalue weighted by Gasteiger charge is 2.17. The Labute approximate surface area is 177 Å². The van der Waals surface area contributed by atoms with Gasteiger partial charge in [0.15, 0.2) is 11.9 Å². The second-order valence-corrected chi connectivity index (χ2v) is 6.79. The van der Waals surface area contributed by atoms with E-state index >= 15 is 0 Å². The molecule has 3 rings (SSSR count). The molecule has 1 atom stereocenters. The van der Waals surface area contributed by atoms with Gasteiger partial charge in [-0.1, -0.05) is 23.2 Å². The number of aromatic nitrogens is 1. The lowest BCUT2D eigenvalue weighted by molar-refractivity contribution is -0.122. The average molecular weight is 428 g/mol. The van der Waals surface area contributed by atoms with Crippen LogP contribution >= 0.6 is 23.2 Å². The van der Waals surface area contributed by atoms with Gasteiger partial charge in [-0.3, -0.25) is 4.79 Å². The molecule has 1 aromatic heterocycles. The SMILES string of the molecule is CC(Oc1ccc(Oc2ccc(C#N)cc2)cc1)C(=O)Nc1ncc(Cl)cc1Cl. The third kappa shape index (κ3) is 5.61. The van der Waals surface area contributed by atoms with E-state index in [1.54, 1.807) is 55.5 Å². The van der Waals surface area contributed by atoms with Gasteiger partial charge in [-0.05, 0) is 61.5 Å². The zero-order chi connectivity index (χ0) is 20.8. The Kier molecular flexibility index (Phi) is 6.55. The Balaban J connectivity index is 1.58. The van der Waals surface area contributed by atoms with Crippen LogP contribution in [-0.4, -0.2) is 17.0 Å². The number of halogens is 2. The first-order chi connectivity index (χ1) is 13.9. The van der Waals surface area contributed by atoms with Gasteiger partial charge in [-0.25, -0.2) is 4.98 Å². The number of nitrogens with one attached hydrogen (secondary N) is 1. The number of hydrogen-bond acceptors (Lipinski definition) is 5. The molecule has 8 heteroatoms. The van der Waals surface area contributed by atoms with Crippen molar-refractivity contribution < 1.29 is 14.3 Å². The van der Waals surface area contributed by atoms with E-state index in [0.717, 1.165) is 0 Å². The quantitative estimate of drug-likeness (QED) is 0.564. The Hall–Kier alpha value is -3.27. The lowest BCUT2D eigenvalue weighted by atomic mass is 10.2. The minimum atomic E-state index is -0.783. The van der Waals surface area contributed by atoms with Gasteiger partial charge in [-0.2, -0.15) is 5.26 Å². The fourth-order valence-corrected chi connectivity index (χ4v) is 2.73. The standard InChI is InChI=1S/C21H15Cl2N3O3/c1-13(21(27)26-20-19(23)10-15(22)12-25-20)28-16-6-8-18(9-7-16)29-17-4-2-14(11-24)3-5-17/h2-10,12-13H,1H3,(H,25,26,27). The third-order valence-corrected chi connectivity index (χ3v) is 4.27. The first kappa shape index (κ1) is 20.5. The fraction of sp³-hybridized carbons (Fsp3) is 0.0952. The maximum Gasteiger partial charge on any atom is 0.266 e. The normalized spacial score (nSPS) is 11.2. The topological polar surface area (TPSA) is 84.2 Å². The van der Waals surface area contributed by atoms with Crippen molar-refractivity contribution >= 4 is 34.9 Å². The maximum atomic E-state index is 12.3. The summed E-state index contributed by atoms with van der Waals surface area (Å²) in [7, 11) is 0. The Morgan fingerprint density at radius 1 is 1.07 bits per heavy atom. The van der Waals surface area contributed by atoms with E-state index in [0.29, 0.717) is 27.8 Å². The molecule has 0 aliphatic heterocycles.